The molecule has 0 unspecified atom stereocenters. The van der Waals surface area contributed by atoms with Crippen LogP contribution < -0.4 is 0 Å². The number of rotatable bonds is 7. The zero-order chi connectivity index (χ0) is 18.6. The third-order valence-corrected chi connectivity index (χ3v) is 4.92. The first-order valence-corrected chi connectivity index (χ1v) is 9.46. The maximum absolute atomic E-state index is 6.01. The summed E-state index contributed by atoms with van der Waals surface area (Å²) in [6.07, 6.45) is 7.96. The Morgan fingerprint density at radius 1 is 1.26 bits per heavy atom. The minimum Gasteiger partial charge on any atom is -0.373 e. The fourth-order valence-corrected chi connectivity index (χ4v) is 3.61. The van der Waals surface area contributed by atoms with Crippen LogP contribution in [0.1, 0.15) is 35.6 Å². The van der Waals surface area contributed by atoms with E-state index in [9.17, 15) is 0 Å². The molecule has 3 aromatic heterocycles. The van der Waals surface area contributed by atoms with E-state index in [0.717, 1.165) is 37.6 Å². The van der Waals surface area contributed by atoms with Crippen molar-refractivity contribution in [1.29, 1.82) is 0 Å². The molecule has 27 heavy (non-hydrogen) atoms. The van der Waals surface area contributed by atoms with E-state index in [0.29, 0.717) is 13.2 Å². The molecule has 0 spiro atoms. The Morgan fingerprint density at radius 2 is 2.19 bits per heavy atom. The molecule has 142 valence electrons. The van der Waals surface area contributed by atoms with Crippen LogP contribution in [0.3, 0.4) is 0 Å². The number of fused-ring (bicyclic) bond motifs is 1. The monoisotopic (exact) mass is 366 g/mol. The Hall–Kier alpha value is -2.51. The maximum Gasteiger partial charge on any atom is 0.0952 e. The fourth-order valence-electron chi connectivity index (χ4n) is 3.61. The van der Waals surface area contributed by atoms with E-state index in [1.807, 2.05) is 48.5 Å². The zero-order valence-electron chi connectivity index (χ0n) is 16.0. The van der Waals surface area contributed by atoms with Gasteiger partial charge in [-0.15, -0.1) is 0 Å². The van der Waals surface area contributed by atoms with Crippen molar-refractivity contribution in [3.8, 4) is 0 Å². The van der Waals surface area contributed by atoms with E-state index in [1.165, 1.54) is 11.3 Å². The van der Waals surface area contributed by atoms with Crippen LogP contribution in [0, 0.1) is 6.92 Å². The van der Waals surface area contributed by atoms with Gasteiger partial charge in [0, 0.05) is 49.8 Å². The summed E-state index contributed by atoms with van der Waals surface area (Å²) in [7, 11) is 0. The van der Waals surface area contributed by atoms with Gasteiger partial charge in [0.1, 0.15) is 0 Å². The second-order valence-corrected chi connectivity index (χ2v) is 7.11. The molecule has 0 bridgehead atoms. The Kier molecular flexibility index (Phi) is 5.31. The molecule has 0 aliphatic carbocycles. The second-order valence-electron chi connectivity index (χ2n) is 7.11. The minimum atomic E-state index is 0.252. The zero-order valence-corrected chi connectivity index (χ0v) is 16.0. The van der Waals surface area contributed by atoms with Crippen LogP contribution in [0.2, 0.25) is 0 Å². The first-order valence-electron chi connectivity index (χ1n) is 9.46. The molecular weight excluding hydrogens is 340 g/mol. The quantitative estimate of drug-likeness (QED) is 0.643. The highest BCUT2D eigenvalue weighted by Crippen LogP contribution is 2.23. The van der Waals surface area contributed by atoms with Crippen LogP contribution in [0.5, 0.6) is 0 Å². The molecule has 0 saturated heterocycles. The van der Waals surface area contributed by atoms with Gasteiger partial charge in [-0.05, 0) is 26.0 Å². The van der Waals surface area contributed by atoms with Crippen molar-refractivity contribution >= 4 is 0 Å². The van der Waals surface area contributed by atoms with Gasteiger partial charge in [-0.25, -0.2) is 4.98 Å². The molecule has 0 fully saturated rings. The van der Waals surface area contributed by atoms with Crippen LogP contribution in [0.4, 0.5) is 0 Å². The predicted molar refractivity (Wildman–Crippen MR) is 102 cm³/mol. The van der Waals surface area contributed by atoms with Gasteiger partial charge in [0.25, 0.3) is 0 Å². The molecule has 4 rings (SSSR count). The summed E-state index contributed by atoms with van der Waals surface area (Å²) in [5.74, 6) is 0. The van der Waals surface area contributed by atoms with Gasteiger partial charge in [0.05, 0.1) is 43.2 Å². The molecule has 0 radical (unpaired) electrons. The number of nitrogens with zero attached hydrogens (tertiary/aromatic N) is 6. The number of aryl methyl sites for hydroxylation is 2. The SMILES string of the molecule is CCn1cc(CN2Cc3cncn3[C@@H](COCc3cccc(C)n3)C2)cn1. The van der Waals surface area contributed by atoms with Crippen molar-refractivity contribution in [2.75, 3.05) is 13.2 Å². The van der Waals surface area contributed by atoms with Crippen LogP contribution >= 0.6 is 0 Å². The topological polar surface area (TPSA) is 61.0 Å². The van der Waals surface area contributed by atoms with Gasteiger partial charge >= 0.3 is 0 Å². The summed E-state index contributed by atoms with van der Waals surface area (Å²) in [6.45, 7) is 8.90. The predicted octanol–water partition coefficient (Wildman–Crippen LogP) is 2.58. The lowest BCUT2D eigenvalue weighted by Gasteiger charge is -2.34. The molecule has 4 heterocycles. The lowest BCUT2D eigenvalue weighted by molar-refractivity contribution is 0.0572. The van der Waals surface area contributed by atoms with E-state index in [4.69, 9.17) is 4.74 Å². The van der Waals surface area contributed by atoms with Gasteiger partial charge in [-0.3, -0.25) is 14.6 Å². The lowest BCUT2D eigenvalue weighted by atomic mass is 10.2. The molecule has 7 heteroatoms. The number of hydrogen-bond donors (Lipinski definition) is 0. The highest BCUT2D eigenvalue weighted by atomic mass is 16.5. The molecule has 0 N–H and O–H groups in total. The van der Waals surface area contributed by atoms with Gasteiger partial charge < -0.3 is 9.30 Å². The third kappa shape index (κ3) is 4.26. The Labute approximate surface area is 159 Å². The van der Waals surface area contributed by atoms with Crippen LogP contribution in [0.15, 0.2) is 43.1 Å². The van der Waals surface area contributed by atoms with Crippen LogP contribution in [-0.2, 0) is 31.0 Å². The number of imidazole rings is 1. The minimum absolute atomic E-state index is 0.252. The Bertz CT molecular complexity index is 886. The molecule has 1 atom stereocenters. The van der Waals surface area contributed by atoms with E-state index in [2.05, 4.69) is 37.7 Å². The van der Waals surface area contributed by atoms with E-state index in [1.54, 1.807) is 0 Å². The summed E-state index contributed by atoms with van der Waals surface area (Å²) in [6, 6.07) is 6.28. The first-order chi connectivity index (χ1) is 13.2. The third-order valence-electron chi connectivity index (χ3n) is 4.92. The summed E-state index contributed by atoms with van der Waals surface area (Å²) in [5.41, 5.74) is 4.46. The Morgan fingerprint density at radius 3 is 3.00 bits per heavy atom. The normalized spacial score (nSPS) is 17.2. The highest BCUT2D eigenvalue weighted by Gasteiger charge is 2.25. The van der Waals surface area contributed by atoms with E-state index < -0.39 is 0 Å². The Balaban J connectivity index is 1.39. The van der Waals surface area contributed by atoms with Crippen molar-refractivity contribution in [2.24, 2.45) is 0 Å². The van der Waals surface area contributed by atoms with Gasteiger partial charge in [-0.2, -0.15) is 5.10 Å². The molecule has 3 aromatic rings. The van der Waals surface area contributed by atoms with Gasteiger partial charge in [-0.1, -0.05) is 6.07 Å². The number of hydrogen-bond acceptors (Lipinski definition) is 5. The molecule has 1 aliphatic rings. The van der Waals surface area contributed by atoms with E-state index >= 15 is 0 Å². The first kappa shape index (κ1) is 17.9. The van der Waals surface area contributed by atoms with E-state index in [-0.39, 0.29) is 6.04 Å². The van der Waals surface area contributed by atoms with Crippen LogP contribution in [0.25, 0.3) is 0 Å². The number of aromatic nitrogens is 5. The summed E-state index contributed by atoms with van der Waals surface area (Å²) < 4.78 is 10.2. The van der Waals surface area contributed by atoms with Gasteiger partial charge in [0.15, 0.2) is 0 Å². The van der Waals surface area contributed by atoms with Crippen molar-refractivity contribution in [3.05, 3.63) is 65.8 Å². The molecule has 0 aromatic carbocycles. The lowest BCUT2D eigenvalue weighted by Crippen LogP contribution is -2.38. The standard InChI is InChI=1S/C20H26N6O/c1-3-25-10-17(7-22-25)9-24-11-19-8-21-15-26(19)20(12-24)14-27-13-18-6-4-5-16(2)23-18/h4-8,10,15,20H,3,9,11-14H2,1-2H3/t20-/m1/s1. The molecule has 0 amide bonds. The summed E-state index contributed by atoms with van der Waals surface area (Å²) in [4.78, 5) is 11.3. The molecule has 0 saturated carbocycles. The second kappa shape index (κ2) is 8.02. The highest BCUT2D eigenvalue weighted by molar-refractivity contribution is 5.10. The number of ether oxygens (including phenoxy) is 1. The van der Waals surface area contributed by atoms with Gasteiger partial charge in [0.2, 0.25) is 0 Å². The summed E-state index contributed by atoms with van der Waals surface area (Å²) >= 11 is 0. The number of pyridine rings is 1. The maximum atomic E-state index is 6.01. The fraction of sp³-hybridized carbons (Fsp3) is 0.450. The molecule has 1 aliphatic heterocycles. The summed E-state index contributed by atoms with van der Waals surface area (Å²) in [5, 5.41) is 4.38. The average molecular weight is 366 g/mol. The smallest absolute Gasteiger partial charge is 0.0952 e. The van der Waals surface area contributed by atoms with Crippen molar-refractivity contribution in [3.63, 3.8) is 0 Å². The van der Waals surface area contributed by atoms with Crippen LogP contribution in [-0.4, -0.2) is 42.4 Å². The van der Waals surface area contributed by atoms with Crippen molar-refractivity contribution in [1.82, 2.24) is 29.2 Å². The largest absolute Gasteiger partial charge is 0.373 e. The molecular formula is C20H26N6O. The average Bonchev–Trinajstić information content (AvgIpc) is 3.31. The van der Waals surface area contributed by atoms with Crippen molar-refractivity contribution < 1.29 is 4.74 Å². The molecule has 7 nitrogen and oxygen atoms in total. The van der Waals surface area contributed by atoms with Crippen molar-refractivity contribution in [2.45, 2.75) is 46.1 Å².